The van der Waals surface area contributed by atoms with Crippen LogP contribution in [0.15, 0.2) is 29.2 Å². The predicted molar refractivity (Wildman–Crippen MR) is 65.6 cm³/mol. The number of carbonyl (C=O) groups excluding carboxylic acids is 1. The van der Waals surface area contributed by atoms with E-state index < -0.39 is 6.09 Å². The third-order valence-electron chi connectivity index (χ3n) is 1.62. The molecule has 0 heterocycles. The lowest BCUT2D eigenvalue weighted by Gasteiger charge is -2.06. The molecule has 0 atom stereocenters. The molecule has 1 N–H and O–H groups in total. The van der Waals surface area contributed by atoms with Crippen LogP contribution in [0.1, 0.15) is 12.5 Å². The first-order valence-electron chi connectivity index (χ1n) is 4.40. The van der Waals surface area contributed by atoms with E-state index in [-0.39, 0.29) is 0 Å². The Kier molecular flexibility index (Phi) is 4.58. The van der Waals surface area contributed by atoms with E-state index in [2.05, 4.69) is 17.9 Å². The van der Waals surface area contributed by atoms with Gasteiger partial charge in [-0.1, -0.05) is 24.4 Å². The standard InChI is InChI=1S/C10H11NO2S2/c1-2-13-10(12)11-9(15)7-3-5-8(14)6-4-7/h3-6,14H,2H2,1H3,(H,11,12,15). The fraction of sp³-hybridized carbons (Fsp3) is 0.200. The first-order chi connectivity index (χ1) is 7.13. The second-order valence-corrected chi connectivity index (χ2v) is 3.65. The third kappa shape index (κ3) is 3.89. The summed E-state index contributed by atoms with van der Waals surface area (Å²) >= 11 is 9.17. The van der Waals surface area contributed by atoms with Gasteiger partial charge >= 0.3 is 6.09 Å². The molecule has 15 heavy (non-hydrogen) atoms. The van der Waals surface area contributed by atoms with E-state index in [9.17, 15) is 4.79 Å². The number of rotatable bonds is 2. The first kappa shape index (κ1) is 12.0. The van der Waals surface area contributed by atoms with Crippen LogP contribution in [0.4, 0.5) is 4.79 Å². The van der Waals surface area contributed by atoms with Crippen LogP contribution in [-0.4, -0.2) is 17.7 Å². The molecule has 1 aromatic carbocycles. The van der Waals surface area contributed by atoms with Gasteiger partial charge in [-0.25, -0.2) is 4.79 Å². The molecule has 0 saturated carbocycles. The second-order valence-electron chi connectivity index (χ2n) is 2.72. The molecular formula is C10H11NO2S2. The largest absolute Gasteiger partial charge is 0.450 e. The maximum absolute atomic E-state index is 11.1. The van der Waals surface area contributed by atoms with E-state index in [0.29, 0.717) is 11.6 Å². The van der Waals surface area contributed by atoms with Gasteiger partial charge in [0.1, 0.15) is 4.99 Å². The summed E-state index contributed by atoms with van der Waals surface area (Å²) < 4.78 is 4.71. The molecular weight excluding hydrogens is 230 g/mol. The molecule has 1 aromatic rings. The lowest BCUT2D eigenvalue weighted by molar-refractivity contribution is 0.158. The van der Waals surface area contributed by atoms with Crippen molar-refractivity contribution in [3.05, 3.63) is 29.8 Å². The summed E-state index contributed by atoms with van der Waals surface area (Å²) in [5, 5.41) is 2.46. The van der Waals surface area contributed by atoms with Crippen LogP contribution in [0, 0.1) is 0 Å². The van der Waals surface area contributed by atoms with E-state index >= 15 is 0 Å². The highest BCUT2D eigenvalue weighted by atomic mass is 32.1. The van der Waals surface area contributed by atoms with Crippen LogP contribution in [0.25, 0.3) is 0 Å². The quantitative estimate of drug-likeness (QED) is 0.617. The minimum atomic E-state index is -0.530. The number of benzene rings is 1. The van der Waals surface area contributed by atoms with Gasteiger partial charge in [-0.05, 0) is 19.1 Å². The summed E-state index contributed by atoms with van der Waals surface area (Å²) in [7, 11) is 0. The number of thiol groups is 1. The highest BCUT2D eigenvalue weighted by molar-refractivity contribution is 7.80. The van der Waals surface area contributed by atoms with Crippen LogP contribution in [0.2, 0.25) is 0 Å². The second kappa shape index (κ2) is 5.72. The molecule has 0 aliphatic rings. The maximum atomic E-state index is 11.1. The van der Waals surface area contributed by atoms with Crippen molar-refractivity contribution in [1.82, 2.24) is 5.32 Å². The van der Waals surface area contributed by atoms with E-state index in [0.717, 1.165) is 10.5 Å². The summed E-state index contributed by atoms with van der Waals surface area (Å²) in [5.41, 5.74) is 0.760. The number of nitrogens with one attached hydrogen (secondary N) is 1. The van der Waals surface area contributed by atoms with Gasteiger partial charge in [0, 0.05) is 10.5 Å². The molecule has 0 fully saturated rings. The van der Waals surface area contributed by atoms with Gasteiger partial charge in [0.2, 0.25) is 0 Å². The molecule has 0 radical (unpaired) electrons. The van der Waals surface area contributed by atoms with Crippen LogP contribution in [-0.2, 0) is 4.74 Å². The van der Waals surface area contributed by atoms with Gasteiger partial charge < -0.3 is 4.74 Å². The van der Waals surface area contributed by atoms with Crippen molar-refractivity contribution in [1.29, 1.82) is 0 Å². The molecule has 0 aromatic heterocycles. The molecule has 1 amide bonds. The predicted octanol–water partition coefficient (Wildman–Crippen LogP) is 2.40. The number of alkyl carbamates (subject to hydrolysis) is 1. The number of ether oxygens (including phenoxy) is 1. The number of thiocarbonyl (C=S) groups is 1. The Morgan fingerprint density at radius 2 is 2.07 bits per heavy atom. The highest BCUT2D eigenvalue weighted by Gasteiger charge is 2.06. The fourth-order valence-corrected chi connectivity index (χ4v) is 1.31. The van der Waals surface area contributed by atoms with Gasteiger partial charge in [0.25, 0.3) is 0 Å². The molecule has 5 heteroatoms. The first-order valence-corrected chi connectivity index (χ1v) is 5.26. The van der Waals surface area contributed by atoms with Crippen LogP contribution < -0.4 is 5.32 Å². The summed E-state index contributed by atoms with van der Waals surface area (Å²) in [6.07, 6.45) is -0.530. The van der Waals surface area contributed by atoms with Gasteiger partial charge in [0.05, 0.1) is 6.61 Å². The summed E-state index contributed by atoms with van der Waals surface area (Å²) in [4.78, 5) is 12.3. The van der Waals surface area contributed by atoms with E-state index in [1.54, 1.807) is 31.2 Å². The van der Waals surface area contributed by atoms with Crippen molar-refractivity contribution in [3.63, 3.8) is 0 Å². The summed E-state index contributed by atoms with van der Waals surface area (Å²) in [5.74, 6) is 0. The van der Waals surface area contributed by atoms with Crippen molar-refractivity contribution < 1.29 is 9.53 Å². The zero-order valence-corrected chi connectivity index (χ0v) is 9.90. The van der Waals surface area contributed by atoms with E-state index in [1.807, 2.05) is 0 Å². The van der Waals surface area contributed by atoms with Crippen LogP contribution in [0.5, 0.6) is 0 Å². The minimum Gasteiger partial charge on any atom is -0.450 e. The smallest absolute Gasteiger partial charge is 0.412 e. The molecule has 0 aliphatic heterocycles. The Labute approximate surface area is 99.2 Å². The molecule has 0 unspecified atom stereocenters. The molecule has 80 valence electrons. The Morgan fingerprint density at radius 3 is 2.60 bits per heavy atom. The van der Waals surface area contributed by atoms with Crippen molar-refractivity contribution >= 4 is 35.9 Å². The topological polar surface area (TPSA) is 38.3 Å². The minimum absolute atomic E-state index is 0.323. The fourth-order valence-electron chi connectivity index (χ4n) is 0.945. The normalized spacial score (nSPS) is 9.47. The van der Waals surface area contributed by atoms with Crippen molar-refractivity contribution in [2.45, 2.75) is 11.8 Å². The van der Waals surface area contributed by atoms with Gasteiger partial charge in [-0.15, -0.1) is 12.6 Å². The maximum Gasteiger partial charge on any atom is 0.412 e. The Bertz CT molecular complexity index is 362. The third-order valence-corrected chi connectivity index (χ3v) is 2.26. The number of hydrogen-bond donors (Lipinski definition) is 2. The summed E-state index contributed by atoms with van der Waals surface area (Å²) in [6.45, 7) is 2.06. The van der Waals surface area contributed by atoms with Crippen LogP contribution >= 0.6 is 24.8 Å². The summed E-state index contributed by atoms with van der Waals surface area (Å²) in [6, 6.07) is 7.18. The number of amides is 1. The average molecular weight is 241 g/mol. The van der Waals surface area contributed by atoms with Crippen LogP contribution in [0.3, 0.4) is 0 Å². The van der Waals surface area contributed by atoms with Gasteiger partial charge in [-0.2, -0.15) is 0 Å². The molecule has 3 nitrogen and oxygen atoms in total. The SMILES string of the molecule is CCOC(=O)NC(=S)c1ccc(S)cc1. The molecule has 0 aliphatic carbocycles. The Hall–Kier alpha value is -1.07. The molecule has 1 rings (SSSR count). The zero-order valence-electron chi connectivity index (χ0n) is 8.19. The molecule has 0 saturated heterocycles. The lowest BCUT2D eigenvalue weighted by atomic mass is 10.2. The lowest BCUT2D eigenvalue weighted by Crippen LogP contribution is -2.30. The highest BCUT2D eigenvalue weighted by Crippen LogP contribution is 2.08. The molecule has 0 spiro atoms. The van der Waals surface area contributed by atoms with Crippen molar-refractivity contribution in [3.8, 4) is 0 Å². The average Bonchev–Trinajstić information content (AvgIpc) is 2.18. The Morgan fingerprint density at radius 1 is 1.47 bits per heavy atom. The number of hydrogen-bond acceptors (Lipinski definition) is 4. The van der Waals surface area contributed by atoms with Gasteiger partial charge in [0.15, 0.2) is 0 Å². The molecule has 0 bridgehead atoms. The van der Waals surface area contributed by atoms with Crippen molar-refractivity contribution in [2.24, 2.45) is 0 Å². The van der Waals surface area contributed by atoms with Gasteiger partial charge in [-0.3, -0.25) is 5.32 Å². The zero-order chi connectivity index (χ0) is 11.3. The van der Waals surface area contributed by atoms with E-state index in [1.165, 1.54) is 0 Å². The van der Waals surface area contributed by atoms with E-state index in [4.69, 9.17) is 17.0 Å². The monoisotopic (exact) mass is 241 g/mol. The number of carbonyl (C=O) groups is 1. The Balaban J connectivity index is 2.61. The van der Waals surface area contributed by atoms with Crippen molar-refractivity contribution in [2.75, 3.05) is 6.61 Å².